The number of nitrogens with zero attached hydrogens (tertiary/aromatic N) is 4. The van der Waals surface area contributed by atoms with Gasteiger partial charge in [0.1, 0.15) is 5.75 Å². The van der Waals surface area contributed by atoms with Crippen molar-refractivity contribution in [1.82, 2.24) is 19.8 Å². The fourth-order valence-corrected chi connectivity index (χ4v) is 3.69. The van der Waals surface area contributed by atoms with Gasteiger partial charge in [0.15, 0.2) is 5.96 Å². The summed E-state index contributed by atoms with van der Waals surface area (Å²) in [5.41, 5.74) is 1.02. The molecule has 0 saturated carbocycles. The maximum Gasteiger partial charge on any atom is 0.194 e. The average Bonchev–Trinajstić information content (AvgIpc) is 3.21. The number of rotatable bonds is 5. The van der Waals surface area contributed by atoms with Crippen LogP contribution in [0.5, 0.6) is 5.75 Å². The van der Waals surface area contributed by atoms with E-state index in [2.05, 4.69) is 33.6 Å². The Morgan fingerprint density at radius 2 is 2.25 bits per heavy atom. The van der Waals surface area contributed by atoms with Gasteiger partial charge in [0.25, 0.3) is 0 Å². The number of aromatic nitrogens is 2. The van der Waals surface area contributed by atoms with E-state index in [0.717, 1.165) is 43.3 Å². The van der Waals surface area contributed by atoms with E-state index in [-0.39, 0.29) is 24.0 Å². The third-order valence-corrected chi connectivity index (χ3v) is 5.34. The lowest BCUT2D eigenvalue weighted by atomic mass is 9.93. The Hall–Kier alpha value is -1.48. The van der Waals surface area contributed by atoms with Crippen LogP contribution in [0.25, 0.3) is 0 Å². The van der Waals surface area contributed by atoms with Gasteiger partial charge >= 0.3 is 0 Å². The SMILES string of the molecule is CCNC(=NCc1ccc(Cl)cc1OC)N1CCC(C)C(n2ccnc2)C1.I. The fourth-order valence-electron chi connectivity index (χ4n) is 3.53. The minimum absolute atomic E-state index is 0. The zero-order valence-electron chi connectivity index (χ0n) is 16.6. The number of aliphatic imine (C=N–C) groups is 1. The van der Waals surface area contributed by atoms with Crippen LogP contribution < -0.4 is 10.1 Å². The number of methoxy groups -OCH3 is 1. The molecule has 1 aliphatic heterocycles. The molecule has 1 N–H and O–H groups in total. The van der Waals surface area contributed by atoms with Gasteiger partial charge in [0.2, 0.25) is 0 Å². The van der Waals surface area contributed by atoms with Crippen molar-refractivity contribution < 1.29 is 4.74 Å². The van der Waals surface area contributed by atoms with Gasteiger partial charge in [0, 0.05) is 42.6 Å². The lowest BCUT2D eigenvalue weighted by molar-refractivity contribution is 0.189. The molecule has 1 saturated heterocycles. The van der Waals surface area contributed by atoms with E-state index in [1.54, 1.807) is 7.11 Å². The molecule has 2 atom stereocenters. The van der Waals surface area contributed by atoms with Gasteiger partial charge in [-0.3, -0.25) is 0 Å². The van der Waals surface area contributed by atoms with E-state index in [9.17, 15) is 0 Å². The Labute approximate surface area is 189 Å². The zero-order chi connectivity index (χ0) is 19.2. The van der Waals surface area contributed by atoms with E-state index >= 15 is 0 Å². The van der Waals surface area contributed by atoms with Crippen LogP contribution in [0.4, 0.5) is 0 Å². The number of imidazole rings is 1. The molecule has 0 aliphatic carbocycles. The van der Waals surface area contributed by atoms with Crippen molar-refractivity contribution in [1.29, 1.82) is 0 Å². The summed E-state index contributed by atoms with van der Waals surface area (Å²) in [4.78, 5) is 11.4. The molecule has 8 heteroatoms. The number of hydrogen-bond donors (Lipinski definition) is 1. The van der Waals surface area contributed by atoms with Crippen LogP contribution >= 0.6 is 35.6 Å². The number of hydrogen-bond acceptors (Lipinski definition) is 3. The van der Waals surface area contributed by atoms with Crippen LogP contribution in [0, 0.1) is 5.92 Å². The van der Waals surface area contributed by atoms with Gasteiger partial charge in [-0.2, -0.15) is 0 Å². The molecule has 0 amide bonds. The van der Waals surface area contributed by atoms with Crippen LogP contribution in [0.3, 0.4) is 0 Å². The molecule has 2 unspecified atom stereocenters. The number of piperidine rings is 1. The highest BCUT2D eigenvalue weighted by Crippen LogP contribution is 2.28. The van der Waals surface area contributed by atoms with Crippen molar-refractivity contribution in [2.75, 3.05) is 26.7 Å². The quantitative estimate of drug-likeness (QED) is 0.367. The van der Waals surface area contributed by atoms with Gasteiger partial charge in [-0.05, 0) is 31.4 Å². The normalized spacial score (nSPS) is 19.9. The van der Waals surface area contributed by atoms with Crippen LogP contribution in [-0.2, 0) is 6.54 Å². The monoisotopic (exact) mass is 517 g/mol. The number of halogens is 2. The molecule has 1 fully saturated rings. The molecule has 1 aromatic heterocycles. The zero-order valence-corrected chi connectivity index (χ0v) is 19.7. The summed E-state index contributed by atoms with van der Waals surface area (Å²) in [7, 11) is 1.66. The Bertz CT molecular complexity index is 768. The van der Waals surface area contributed by atoms with Crippen LogP contribution in [0.2, 0.25) is 5.02 Å². The van der Waals surface area contributed by atoms with Crippen LogP contribution in [0.1, 0.15) is 31.9 Å². The number of benzene rings is 1. The van der Waals surface area contributed by atoms with Crippen molar-refractivity contribution in [3.8, 4) is 5.75 Å². The summed E-state index contributed by atoms with van der Waals surface area (Å²) < 4.78 is 7.66. The molecular weight excluding hydrogens is 489 g/mol. The second-order valence-electron chi connectivity index (χ2n) is 6.92. The third kappa shape index (κ3) is 5.53. The Morgan fingerprint density at radius 3 is 2.93 bits per heavy atom. The first-order chi connectivity index (χ1) is 13.1. The van der Waals surface area contributed by atoms with Gasteiger partial charge in [-0.15, -0.1) is 24.0 Å². The highest BCUT2D eigenvalue weighted by molar-refractivity contribution is 14.0. The number of ether oxygens (including phenoxy) is 1. The predicted octanol–water partition coefficient (Wildman–Crippen LogP) is 4.21. The van der Waals surface area contributed by atoms with Gasteiger partial charge in [-0.25, -0.2) is 9.98 Å². The molecule has 1 aromatic carbocycles. The second-order valence-corrected chi connectivity index (χ2v) is 7.35. The maximum absolute atomic E-state index is 6.06. The lowest BCUT2D eigenvalue weighted by Gasteiger charge is -2.39. The van der Waals surface area contributed by atoms with E-state index < -0.39 is 0 Å². The minimum atomic E-state index is 0. The Morgan fingerprint density at radius 1 is 1.43 bits per heavy atom. The molecule has 0 spiro atoms. The molecular formula is C20H29ClIN5O. The van der Waals surface area contributed by atoms with Crippen molar-refractivity contribution in [2.24, 2.45) is 10.9 Å². The predicted molar refractivity (Wildman–Crippen MR) is 125 cm³/mol. The third-order valence-electron chi connectivity index (χ3n) is 5.11. The van der Waals surface area contributed by atoms with Crippen molar-refractivity contribution >= 4 is 41.5 Å². The molecule has 2 aromatic rings. The lowest BCUT2D eigenvalue weighted by Crippen LogP contribution is -2.49. The summed E-state index contributed by atoms with van der Waals surface area (Å²) >= 11 is 6.06. The molecule has 0 bridgehead atoms. The summed E-state index contributed by atoms with van der Waals surface area (Å²) in [5.74, 6) is 2.31. The largest absolute Gasteiger partial charge is 0.496 e. The Balaban J connectivity index is 0.00000280. The van der Waals surface area contributed by atoms with E-state index in [1.807, 2.05) is 36.9 Å². The van der Waals surface area contributed by atoms with E-state index in [1.165, 1.54) is 0 Å². The first-order valence-electron chi connectivity index (χ1n) is 9.45. The molecule has 0 radical (unpaired) electrons. The second kappa shape index (κ2) is 10.9. The molecule has 3 rings (SSSR count). The fraction of sp³-hybridized carbons (Fsp3) is 0.500. The number of guanidine groups is 1. The van der Waals surface area contributed by atoms with E-state index in [0.29, 0.717) is 23.5 Å². The van der Waals surface area contributed by atoms with Crippen molar-refractivity contribution in [3.05, 3.63) is 47.5 Å². The maximum atomic E-state index is 6.06. The highest BCUT2D eigenvalue weighted by atomic mass is 127. The molecule has 28 heavy (non-hydrogen) atoms. The summed E-state index contributed by atoms with van der Waals surface area (Å²) in [6, 6.07) is 6.08. The molecule has 2 heterocycles. The topological polar surface area (TPSA) is 54.7 Å². The first kappa shape index (κ1) is 22.8. The summed E-state index contributed by atoms with van der Waals surface area (Å²) in [6.07, 6.45) is 6.93. The minimum Gasteiger partial charge on any atom is -0.496 e. The Kier molecular flexibility index (Phi) is 8.88. The van der Waals surface area contributed by atoms with Crippen LogP contribution in [-0.4, -0.2) is 47.2 Å². The summed E-state index contributed by atoms with van der Waals surface area (Å²) in [6.45, 7) is 7.70. The molecule has 6 nitrogen and oxygen atoms in total. The molecule has 154 valence electrons. The summed E-state index contributed by atoms with van der Waals surface area (Å²) in [5, 5.41) is 4.10. The van der Waals surface area contributed by atoms with Crippen molar-refractivity contribution in [3.63, 3.8) is 0 Å². The van der Waals surface area contributed by atoms with Gasteiger partial charge < -0.3 is 19.5 Å². The average molecular weight is 518 g/mol. The van der Waals surface area contributed by atoms with Gasteiger partial charge in [-0.1, -0.05) is 24.6 Å². The van der Waals surface area contributed by atoms with Crippen LogP contribution in [0.15, 0.2) is 41.9 Å². The van der Waals surface area contributed by atoms with Gasteiger partial charge in [0.05, 0.1) is 26.0 Å². The smallest absolute Gasteiger partial charge is 0.194 e. The van der Waals surface area contributed by atoms with Crippen molar-refractivity contribution in [2.45, 2.75) is 32.9 Å². The standard InChI is InChI=1S/C20H28ClN5O.HI/c1-4-23-20(24-12-16-5-6-17(21)11-19(16)27-3)25-9-7-15(2)18(13-25)26-10-8-22-14-26;/h5-6,8,10-11,14-15,18H,4,7,9,12-13H2,1-3H3,(H,23,24);1H. The highest BCUT2D eigenvalue weighted by Gasteiger charge is 2.28. The first-order valence-corrected chi connectivity index (χ1v) is 9.83. The van der Waals surface area contributed by atoms with E-state index in [4.69, 9.17) is 21.3 Å². The molecule has 1 aliphatic rings. The number of likely N-dealkylation sites (tertiary alicyclic amines) is 1. The number of nitrogens with one attached hydrogen (secondary N) is 1.